The molecule has 0 atom stereocenters. The van der Waals surface area contributed by atoms with Gasteiger partial charge in [0.15, 0.2) is 0 Å². The third-order valence-electron chi connectivity index (χ3n) is 2.22. The van der Waals surface area contributed by atoms with E-state index in [1.165, 1.54) is 0 Å². The maximum absolute atomic E-state index is 9.89. The van der Waals surface area contributed by atoms with Gasteiger partial charge in [0.05, 0.1) is 0 Å². The van der Waals surface area contributed by atoms with Crippen LogP contribution in [0.15, 0.2) is 6.07 Å². The highest BCUT2D eigenvalue weighted by Gasteiger charge is 2.11. The summed E-state index contributed by atoms with van der Waals surface area (Å²) in [7, 11) is 0. The Bertz CT molecular complexity index is 293. The fourth-order valence-corrected chi connectivity index (χ4v) is 2.81. The first-order valence-corrected chi connectivity index (χ1v) is 6.29. The number of halogens is 2. The highest BCUT2D eigenvalue weighted by molar-refractivity contribution is 9.08. The van der Waals surface area contributed by atoms with E-state index in [9.17, 15) is 5.11 Å². The molecule has 0 radical (unpaired) electrons. The van der Waals surface area contributed by atoms with Gasteiger partial charge in [-0.25, -0.2) is 0 Å². The number of alkyl halides is 2. The number of benzene rings is 1. The predicted octanol–water partition coefficient (Wildman–Crippen LogP) is 3.80. The van der Waals surface area contributed by atoms with Gasteiger partial charge in [-0.3, -0.25) is 0 Å². The number of phenols is 1. The molecule has 3 heteroatoms. The van der Waals surface area contributed by atoms with Gasteiger partial charge >= 0.3 is 0 Å². The average Bonchev–Trinajstić information content (AvgIpc) is 2.04. The molecule has 1 rings (SSSR count). The fourth-order valence-electron chi connectivity index (χ4n) is 1.39. The minimum atomic E-state index is 0.422. The number of aryl methyl sites for hydroxylation is 2. The predicted molar refractivity (Wildman–Crippen MR) is 62.8 cm³/mol. The Labute approximate surface area is 95.4 Å². The zero-order chi connectivity index (χ0) is 10.0. The molecule has 72 valence electrons. The molecule has 0 bridgehead atoms. The van der Waals surface area contributed by atoms with Crippen molar-refractivity contribution in [3.63, 3.8) is 0 Å². The smallest absolute Gasteiger partial charge is 0.124 e. The Morgan fingerprint density at radius 3 is 1.77 bits per heavy atom. The topological polar surface area (TPSA) is 20.2 Å². The van der Waals surface area contributed by atoms with Gasteiger partial charge in [0.25, 0.3) is 0 Å². The second-order valence-corrected chi connectivity index (χ2v) is 4.20. The molecule has 1 N–H and O–H groups in total. The van der Waals surface area contributed by atoms with Crippen molar-refractivity contribution in [2.45, 2.75) is 24.5 Å². The summed E-state index contributed by atoms with van der Waals surface area (Å²) in [5, 5.41) is 11.3. The molecule has 1 aromatic rings. The third kappa shape index (κ3) is 2.08. The van der Waals surface area contributed by atoms with Crippen LogP contribution in [0.4, 0.5) is 0 Å². The lowest BCUT2D eigenvalue weighted by atomic mass is 10.0. The number of rotatable bonds is 2. The fraction of sp³-hybridized carbons (Fsp3) is 0.400. The zero-order valence-electron chi connectivity index (χ0n) is 7.69. The van der Waals surface area contributed by atoms with Crippen LogP contribution in [-0.4, -0.2) is 5.11 Å². The van der Waals surface area contributed by atoms with Gasteiger partial charge in [-0.2, -0.15) is 0 Å². The maximum Gasteiger partial charge on any atom is 0.124 e. The molecular weight excluding hydrogens is 296 g/mol. The zero-order valence-corrected chi connectivity index (χ0v) is 10.9. The van der Waals surface area contributed by atoms with Crippen LogP contribution in [0.3, 0.4) is 0 Å². The molecule has 0 amide bonds. The summed E-state index contributed by atoms with van der Waals surface area (Å²) in [6, 6.07) is 2.10. The normalized spacial score (nSPS) is 10.5. The van der Waals surface area contributed by atoms with Crippen molar-refractivity contribution in [2.75, 3.05) is 0 Å². The molecule has 0 aliphatic heterocycles. The van der Waals surface area contributed by atoms with Crippen LogP contribution in [0.5, 0.6) is 5.75 Å². The molecular formula is C10H12Br2O. The van der Waals surface area contributed by atoms with Gasteiger partial charge in [-0.15, -0.1) is 0 Å². The van der Waals surface area contributed by atoms with Crippen molar-refractivity contribution in [3.05, 3.63) is 28.3 Å². The standard InChI is InChI=1S/C10H12Br2O/c1-6-3-7(2)9(5-12)10(13)8(6)4-11/h3,13H,4-5H2,1-2H3. The summed E-state index contributed by atoms with van der Waals surface area (Å²) in [5.74, 6) is 0.422. The van der Waals surface area contributed by atoms with Crippen LogP contribution in [-0.2, 0) is 10.7 Å². The summed E-state index contributed by atoms with van der Waals surface area (Å²) in [6.07, 6.45) is 0. The molecule has 0 fully saturated rings. The van der Waals surface area contributed by atoms with E-state index in [0.29, 0.717) is 16.4 Å². The van der Waals surface area contributed by atoms with Gasteiger partial charge in [0.2, 0.25) is 0 Å². The van der Waals surface area contributed by atoms with Crippen LogP contribution < -0.4 is 0 Å². The molecule has 1 nitrogen and oxygen atoms in total. The first-order chi connectivity index (χ1) is 6.11. The van der Waals surface area contributed by atoms with E-state index in [1.54, 1.807) is 0 Å². The van der Waals surface area contributed by atoms with Gasteiger partial charge in [0, 0.05) is 21.8 Å². The van der Waals surface area contributed by atoms with Crippen molar-refractivity contribution in [1.29, 1.82) is 0 Å². The summed E-state index contributed by atoms with van der Waals surface area (Å²) in [6.45, 7) is 4.03. The lowest BCUT2D eigenvalue weighted by Gasteiger charge is -2.12. The maximum atomic E-state index is 9.89. The molecule has 0 aliphatic rings. The highest BCUT2D eigenvalue weighted by atomic mass is 79.9. The molecule has 0 saturated carbocycles. The second-order valence-electron chi connectivity index (χ2n) is 3.08. The lowest BCUT2D eigenvalue weighted by molar-refractivity contribution is 0.465. The number of hydrogen-bond acceptors (Lipinski definition) is 1. The summed E-state index contributed by atoms with van der Waals surface area (Å²) >= 11 is 6.74. The minimum Gasteiger partial charge on any atom is -0.507 e. The van der Waals surface area contributed by atoms with Crippen LogP contribution >= 0.6 is 31.9 Å². The first kappa shape index (κ1) is 11.1. The number of hydrogen-bond donors (Lipinski definition) is 1. The van der Waals surface area contributed by atoms with Crippen molar-refractivity contribution < 1.29 is 5.11 Å². The van der Waals surface area contributed by atoms with E-state index in [1.807, 2.05) is 13.8 Å². The first-order valence-electron chi connectivity index (χ1n) is 4.04. The quantitative estimate of drug-likeness (QED) is 0.824. The Morgan fingerprint density at radius 1 is 1.08 bits per heavy atom. The van der Waals surface area contributed by atoms with Crippen molar-refractivity contribution in [2.24, 2.45) is 0 Å². The molecule has 0 unspecified atom stereocenters. The molecule has 0 heterocycles. The average molecular weight is 308 g/mol. The summed E-state index contributed by atoms with van der Waals surface area (Å²) in [5.41, 5.74) is 4.24. The van der Waals surface area contributed by atoms with Crippen LogP contribution in [0.1, 0.15) is 22.3 Å². The van der Waals surface area contributed by atoms with Crippen molar-refractivity contribution in [3.8, 4) is 5.75 Å². The van der Waals surface area contributed by atoms with E-state index in [2.05, 4.69) is 37.9 Å². The van der Waals surface area contributed by atoms with E-state index < -0.39 is 0 Å². The van der Waals surface area contributed by atoms with E-state index in [-0.39, 0.29) is 0 Å². The second kappa shape index (κ2) is 4.47. The summed E-state index contributed by atoms with van der Waals surface area (Å²) < 4.78 is 0. The summed E-state index contributed by atoms with van der Waals surface area (Å²) in [4.78, 5) is 0. The van der Waals surface area contributed by atoms with Crippen LogP contribution in [0, 0.1) is 13.8 Å². The molecule has 0 spiro atoms. The lowest BCUT2D eigenvalue weighted by Crippen LogP contribution is -1.94. The van der Waals surface area contributed by atoms with Crippen LogP contribution in [0.2, 0.25) is 0 Å². The Hall–Kier alpha value is -0.0200. The molecule has 1 aromatic carbocycles. The van der Waals surface area contributed by atoms with E-state index in [4.69, 9.17) is 0 Å². The Balaban J connectivity index is 3.39. The number of phenolic OH excluding ortho intramolecular Hbond substituents is 1. The highest BCUT2D eigenvalue weighted by Crippen LogP contribution is 2.31. The van der Waals surface area contributed by atoms with Crippen molar-refractivity contribution >= 4 is 31.9 Å². The van der Waals surface area contributed by atoms with Gasteiger partial charge in [-0.05, 0) is 25.0 Å². The van der Waals surface area contributed by atoms with E-state index in [0.717, 1.165) is 22.3 Å². The SMILES string of the molecule is Cc1cc(C)c(CBr)c(O)c1CBr. The third-order valence-corrected chi connectivity index (χ3v) is 3.35. The minimum absolute atomic E-state index is 0.422. The van der Waals surface area contributed by atoms with Gasteiger partial charge < -0.3 is 5.11 Å². The largest absolute Gasteiger partial charge is 0.507 e. The Morgan fingerprint density at radius 2 is 1.46 bits per heavy atom. The molecule has 0 aromatic heterocycles. The Kier molecular flexibility index (Phi) is 3.80. The number of aromatic hydroxyl groups is 1. The van der Waals surface area contributed by atoms with Gasteiger partial charge in [-0.1, -0.05) is 37.9 Å². The van der Waals surface area contributed by atoms with Crippen molar-refractivity contribution in [1.82, 2.24) is 0 Å². The molecule has 0 aliphatic carbocycles. The monoisotopic (exact) mass is 306 g/mol. The van der Waals surface area contributed by atoms with Crippen LogP contribution in [0.25, 0.3) is 0 Å². The van der Waals surface area contributed by atoms with E-state index >= 15 is 0 Å². The van der Waals surface area contributed by atoms with Gasteiger partial charge in [0.1, 0.15) is 5.75 Å². The molecule has 0 saturated heterocycles. The molecule has 13 heavy (non-hydrogen) atoms.